The van der Waals surface area contributed by atoms with Crippen molar-refractivity contribution in [3.05, 3.63) is 26.9 Å². The highest BCUT2D eigenvalue weighted by Gasteiger charge is 2.36. The maximum atomic E-state index is 11.2. The lowest BCUT2D eigenvalue weighted by molar-refractivity contribution is -0.384. The van der Waals surface area contributed by atoms with E-state index in [1.807, 2.05) is 0 Å². The molecule has 0 aromatic carbocycles. The summed E-state index contributed by atoms with van der Waals surface area (Å²) in [6, 6.07) is 2.95. The zero-order chi connectivity index (χ0) is 15.0. The van der Waals surface area contributed by atoms with Gasteiger partial charge in [-0.3, -0.25) is 10.1 Å². The van der Waals surface area contributed by atoms with E-state index in [0.717, 1.165) is 12.8 Å². The predicted molar refractivity (Wildman–Crippen MR) is 84.4 cm³/mol. The van der Waals surface area contributed by atoms with Gasteiger partial charge in [0.25, 0.3) is 0 Å². The maximum Gasteiger partial charge on any atom is 0.312 e. The third-order valence-electron chi connectivity index (χ3n) is 4.71. The normalized spacial score (nSPS) is 29.1. The molecule has 0 spiro atoms. The summed E-state index contributed by atoms with van der Waals surface area (Å²) in [5, 5.41) is 14.5. The fourth-order valence-electron chi connectivity index (χ4n) is 3.61. The Morgan fingerprint density at radius 3 is 2.71 bits per heavy atom. The highest BCUT2D eigenvalue weighted by Crippen LogP contribution is 2.35. The van der Waals surface area contributed by atoms with Gasteiger partial charge in [-0.15, -0.1) is 0 Å². The summed E-state index contributed by atoms with van der Waals surface area (Å²) in [5.74, 6) is 0.385. The zero-order valence-corrected chi connectivity index (χ0v) is 13.5. The molecular formula is C14H19BrN4O2. The summed E-state index contributed by atoms with van der Waals surface area (Å²) < 4.78 is 0.625. The van der Waals surface area contributed by atoms with Gasteiger partial charge in [-0.2, -0.15) is 0 Å². The lowest BCUT2D eigenvalue weighted by Gasteiger charge is -2.47. The predicted octanol–water partition coefficient (Wildman–Crippen LogP) is 3.18. The Balaban J connectivity index is 1.77. The highest BCUT2D eigenvalue weighted by molar-refractivity contribution is 9.10. The first kappa shape index (κ1) is 14.7. The lowest BCUT2D eigenvalue weighted by atomic mass is 9.82. The molecule has 0 aliphatic carbocycles. The van der Waals surface area contributed by atoms with Crippen LogP contribution in [0.1, 0.15) is 32.1 Å². The van der Waals surface area contributed by atoms with Gasteiger partial charge < -0.3 is 10.2 Å². The number of anilines is 1. The molecule has 0 saturated carbocycles. The van der Waals surface area contributed by atoms with Crippen molar-refractivity contribution >= 4 is 27.4 Å². The molecule has 2 bridgehead atoms. The Morgan fingerprint density at radius 2 is 2.10 bits per heavy atom. The van der Waals surface area contributed by atoms with Gasteiger partial charge in [-0.05, 0) is 48.7 Å². The van der Waals surface area contributed by atoms with E-state index in [4.69, 9.17) is 0 Å². The number of aromatic nitrogens is 1. The molecular weight excluding hydrogens is 336 g/mol. The van der Waals surface area contributed by atoms with Gasteiger partial charge >= 0.3 is 5.69 Å². The minimum Gasteiger partial charge on any atom is -0.361 e. The van der Waals surface area contributed by atoms with Gasteiger partial charge in [0, 0.05) is 34.9 Å². The molecule has 114 valence electrons. The molecule has 2 unspecified atom stereocenters. The molecule has 2 saturated heterocycles. The number of nitro groups is 1. The topological polar surface area (TPSA) is 71.3 Å². The fourth-order valence-corrected chi connectivity index (χ4v) is 3.93. The molecule has 2 fully saturated rings. The molecule has 7 heteroatoms. The molecule has 2 aliphatic heterocycles. The van der Waals surface area contributed by atoms with Crippen molar-refractivity contribution in [2.75, 3.05) is 12.4 Å². The number of pyridine rings is 1. The van der Waals surface area contributed by atoms with E-state index in [2.05, 4.69) is 38.2 Å². The SMILES string of the molecule is CN1C2CCCC1CC(Nc1ncc(Br)cc1[N+](=O)[O-])C2. The Bertz CT molecular complexity index is 540. The summed E-state index contributed by atoms with van der Waals surface area (Å²) in [6.45, 7) is 0. The molecule has 0 radical (unpaired) electrons. The second kappa shape index (κ2) is 5.88. The summed E-state index contributed by atoms with van der Waals surface area (Å²) in [4.78, 5) is 17.5. The summed E-state index contributed by atoms with van der Waals surface area (Å²) in [6.07, 6.45) is 7.40. The number of nitrogens with zero attached hydrogens (tertiary/aromatic N) is 3. The van der Waals surface area contributed by atoms with E-state index in [1.54, 1.807) is 6.20 Å². The van der Waals surface area contributed by atoms with Crippen LogP contribution in [0.3, 0.4) is 0 Å². The first-order valence-electron chi connectivity index (χ1n) is 7.33. The van der Waals surface area contributed by atoms with Crippen LogP contribution in [-0.4, -0.2) is 40.0 Å². The van der Waals surface area contributed by atoms with E-state index in [9.17, 15) is 10.1 Å². The number of nitrogens with one attached hydrogen (secondary N) is 1. The second-order valence-electron chi connectivity index (χ2n) is 6.00. The molecule has 0 amide bonds. The Labute approximate surface area is 132 Å². The van der Waals surface area contributed by atoms with Crippen molar-refractivity contribution in [2.45, 2.75) is 50.2 Å². The molecule has 6 nitrogen and oxygen atoms in total. The van der Waals surface area contributed by atoms with Crippen molar-refractivity contribution in [3.63, 3.8) is 0 Å². The number of piperidine rings is 2. The van der Waals surface area contributed by atoms with Gasteiger partial charge in [0.15, 0.2) is 0 Å². The molecule has 1 N–H and O–H groups in total. The van der Waals surface area contributed by atoms with E-state index >= 15 is 0 Å². The summed E-state index contributed by atoms with van der Waals surface area (Å²) >= 11 is 3.24. The van der Waals surface area contributed by atoms with Gasteiger partial charge in [0.05, 0.1) is 4.92 Å². The molecule has 21 heavy (non-hydrogen) atoms. The van der Waals surface area contributed by atoms with Crippen LogP contribution >= 0.6 is 15.9 Å². The standard InChI is InChI=1S/C14H19BrN4O2/c1-18-11-3-2-4-12(18)7-10(6-11)17-14-13(19(20)21)5-9(15)8-16-14/h5,8,10-12H,2-4,6-7H2,1H3,(H,16,17). The Kier molecular flexibility index (Phi) is 4.12. The second-order valence-corrected chi connectivity index (χ2v) is 6.91. The smallest absolute Gasteiger partial charge is 0.312 e. The first-order valence-corrected chi connectivity index (χ1v) is 8.12. The van der Waals surface area contributed by atoms with Crippen molar-refractivity contribution in [1.29, 1.82) is 0 Å². The van der Waals surface area contributed by atoms with Crippen LogP contribution in [0.2, 0.25) is 0 Å². The average Bonchev–Trinajstić information content (AvgIpc) is 2.41. The van der Waals surface area contributed by atoms with Crippen molar-refractivity contribution in [3.8, 4) is 0 Å². The van der Waals surface area contributed by atoms with Gasteiger partial charge in [-0.25, -0.2) is 4.98 Å². The third-order valence-corrected chi connectivity index (χ3v) is 5.15. The van der Waals surface area contributed by atoms with Crippen LogP contribution in [-0.2, 0) is 0 Å². The fraction of sp³-hybridized carbons (Fsp3) is 0.643. The lowest BCUT2D eigenvalue weighted by Crippen LogP contribution is -2.52. The van der Waals surface area contributed by atoms with Crippen LogP contribution in [0.15, 0.2) is 16.7 Å². The quantitative estimate of drug-likeness (QED) is 0.666. The van der Waals surface area contributed by atoms with E-state index in [0.29, 0.717) is 22.4 Å². The third kappa shape index (κ3) is 3.03. The summed E-state index contributed by atoms with van der Waals surface area (Å²) in [5.41, 5.74) is 0.0356. The van der Waals surface area contributed by atoms with Gasteiger partial charge in [0.2, 0.25) is 5.82 Å². The number of hydrogen-bond donors (Lipinski definition) is 1. The minimum absolute atomic E-state index is 0.0356. The van der Waals surface area contributed by atoms with E-state index in [-0.39, 0.29) is 16.7 Å². The molecule has 3 heterocycles. The summed E-state index contributed by atoms with van der Waals surface area (Å²) in [7, 11) is 2.20. The van der Waals surface area contributed by atoms with Crippen LogP contribution in [0.25, 0.3) is 0 Å². The van der Waals surface area contributed by atoms with Crippen molar-refractivity contribution < 1.29 is 4.92 Å². The molecule has 1 aromatic heterocycles. The Morgan fingerprint density at radius 1 is 1.43 bits per heavy atom. The van der Waals surface area contributed by atoms with Crippen LogP contribution in [0.4, 0.5) is 11.5 Å². The molecule has 2 atom stereocenters. The molecule has 2 aliphatic rings. The monoisotopic (exact) mass is 354 g/mol. The number of rotatable bonds is 3. The van der Waals surface area contributed by atoms with Crippen LogP contribution < -0.4 is 5.32 Å². The van der Waals surface area contributed by atoms with Gasteiger partial charge in [0.1, 0.15) is 0 Å². The van der Waals surface area contributed by atoms with Crippen molar-refractivity contribution in [1.82, 2.24) is 9.88 Å². The zero-order valence-electron chi connectivity index (χ0n) is 12.0. The largest absolute Gasteiger partial charge is 0.361 e. The van der Waals surface area contributed by atoms with Crippen LogP contribution in [0, 0.1) is 10.1 Å². The van der Waals surface area contributed by atoms with Crippen molar-refractivity contribution in [2.24, 2.45) is 0 Å². The van der Waals surface area contributed by atoms with Gasteiger partial charge in [-0.1, -0.05) is 6.42 Å². The van der Waals surface area contributed by atoms with Crippen LogP contribution in [0.5, 0.6) is 0 Å². The highest BCUT2D eigenvalue weighted by atomic mass is 79.9. The number of fused-ring (bicyclic) bond motifs is 2. The minimum atomic E-state index is -0.379. The first-order chi connectivity index (χ1) is 10.0. The van der Waals surface area contributed by atoms with E-state index in [1.165, 1.54) is 25.3 Å². The van der Waals surface area contributed by atoms with E-state index < -0.39 is 0 Å². The number of halogens is 1. The average molecular weight is 355 g/mol. The molecule has 3 rings (SSSR count). The Hall–Kier alpha value is -1.21. The molecule has 1 aromatic rings. The maximum absolute atomic E-state index is 11.2. The number of hydrogen-bond acceptors (Lipinski definition) is 5.